The van der Waals surface area contributed by atoms with Crippen LogP contribution < -0.4 is 5.32 Å². The van der Waals surface area contributed by atoms with E-state index in [2.05, 4.69) is 39.9 Å². The van der Waals surface area contributed by atoms with Gasteiger partial charge >= 0.3 is 0 Å². The van der Waals surface area contributed by atoms with E-state index in [1.54, 1.807) is 7.11 Å². The Bertz CT molecular complexity index is 215. The fourth-order valence-electron chi connectivity index (χ4n) is 2.85. The van der Waals surface area contributed by atoms with E-state index in [1.807, 2.05) is 0 Å². The van der Waals surface area contributed by atoms with Crippen molar-refractivity contribution in [2.24, 2.45) is 11.8 Å². The fraction of sp³-hybridized carbons (Fsp3) is 1.00. The molecule has 0 aliphatic heterocycles. The van der Waals surface area contributed by atoms with Crippen LogP contribution in [0, 0.1) is 11.8 Å². The Morgan fingerprint density at radius 3 is 2.38 bits per heavy atom. The lowest BCUT2D eigenvalue weighted by Crippen LogP contribution is -2.42. The second-order valence-electron chi connectivity index (χ2n) is 6.26. The van der Waals surface area contributed by atoms with E-state index in [0.717, 1.165) is 18.3 Å². The molecule has 1 saturated carbocycles. The molecule has 96 valence electrons. The van der Waals surface area contributed by atoms with Crippen LogP contribution in [0.25, 0.3) is 0 Å². The predicted octanol–water partition coefficient (Wildman–Crippen LogP) is 3.21. The summed E-state index contributed by atoms with van der Waals surface area (Å²) in [4.78, 5) is 0. The molecule has 0 aromatic carbocycles. The first kappa shape index (κ1) is 14.0. The number of methoxy groups -OCH3 is 1. The highest BCUT2D eigenvalue weighted by Gasteiger charge is 2.31. The topological polar surface area (TPSA) is 21.3 Å². The summed E-state index contributed by atoms with van der Waals surface area (Å²) in [6, 6.07) is 1.24. The molecule has 1 rings (SSSR count). The number of nitrogens with one attached hydrogen (secondary N) is 1. The zero-order chi connectivity index (χ0) is 12.3. The fourth-order valence-corrected chi connectivity index (χ4v) is 2.85. The molecule has 0 saturated heterocycles. The van der Waals surface area contributed by atoms with Crippen LogP contribution in [0.5, 0.6) is 0 Å². The maximum absolute atomic E-state index is 5.48. The number of hydrogen-bond acceptors (Lipinski definition) is 2. The van der Waals surface area contributed by atoms with Crippen molar-refractivity contribution in [3.8, 4) is 0 Å². The Labute approximate surface area is 101 Å². The Morgan fingerprint density at radius 2 is 1.94 bits per heavy atom. The van der Waals surface area contributed by atoms with Gasteiger partial charge in [-0.15, -0.1) is 0 Å². The van der Waals surface area contributed by atoms with Gasteiger partial charge in [0.1, 0.15) is 0 Å². The van der Waals surface area contributed by atoms with Crippen LogP contribution in [0.1, 0.15) is 53.9 Å². The van der Waals surface area contributed by atoms with E-state index in [4.69, 9.17) is 4.74 Å². The molecule has 1 fully saturated rings. The van der Waals surface area contributed by atoms with Gasteiger partial charge in [0.25, 0.3) is 0 Å². The molecular weight excluding hydrogens is 198 g/mol. The Kier molecular flexibility index (Phi) is 4.81. The molecule has 2 heteroatoms. The van der Waals surface area contributed by atoms with E-state index < -0.39 is 0 Å². The van der Waals surface area contributed by atoms with Gasteiger partial charge in [0.2, 0.25) is 0 Å². The van der Waals surface area contributed by atoms with E-state index >= 15 is 0 Å². The van der Waals surface area contributed by atoms with E-state index in [0.29, 0.717) is 12.1 Å². The summed E-state index contributed by atoms with van der Waals surface area (Å²) in [6.45, 7) is 11.3. The molecule has 4 unspecified atom stereocenters. The number of hydrogen-bond donors (Lipinski definition) is 1. The first-order chi connectivity index (χ1) is 7.35. The molecule has 1 aliphatic rings. The number of rotatable bonds is 5. The number of ether oxygens (including phenoxy) is 1. The summed E-state index contributed by atoms with van der Waals surface area (Å²) in [5, 5.41) is 3.77. The van der Waals surface area contributed by atoms with Crippen LogP contribution >= 0.6 is 0 Å². The minimum Gasteiger partial charge on any atom is -0.379 e. The lowest BCUT2D eigenvalue weighted by Gasteiger charge is -2.30. The second kappa shape index (κ2) is 5.50. The minimum atomic E-state index is -0.0140. The van der Waals surface area contributed by atoms with Crippen molar-refractivity contribution in [1.29, 1.82) is 0 Å². The molecule has 0 aromatic heterocycles. The molecule has 1 aliphatic carbocycles. The Hall–Kier alpha value is -0.0800. The smallest absolute Gasteiger partial charge is 0.0637 e. The van der Waals surface area contributed by atoms with Crippen molar-refractivity contribution in [3.05, 3.63) is 0 Å². The van der Waals surface area contributed by atoms with Crippen molar-refractivity contribution in [3.63, 3.8) is 0 Å². The first-order valence-electron chi connectivity index (χ1n) is 6.67. The van der Waals surface area contributed by atoms with Crippen LogP contribution in [-0.2, 0) is 4.74 Å². The molecule has 0 spiro atoms. The van der Waals surface area contributed by atoms with Crippen molar-refractivity contribution in [1.82, 2.24) is 5.32 Å². The maximum Gasteiger partial charge on any atom is 0.0637 e. The van der Waals surface area contributed by atoms with E-state index in [1.165, 1.54) is 12.8 Å². The Balaban J connectivity index is 2.37. The highest BCUT2D eigenvalue weighted by molar-refractivity contribution is 4.87. The second-order valence-corrected chi connectivity index (χ2v) is 6.26. The average Bonchev–Trinajstić information content (AvgIpc) is 2.49. The van der Waals surface area contributed by atoms with Crippen molar-refractivity contribution >= 4 is 0 Å². The molecule has 2 nitrogen and oxygen atoms in total. The molecule has 16 heavy (non-hydrogen) atoms. The van der Waals surface area contributed by atoms with E-state index in [9.17, 15) is 0 Å². The third-order valence-electron chi connectivity index (χ3n) is 4.31. The van der Waals surface area contributed by atoms with Crippen molar-refractivity contribution in [2.75, 3.05) is 7.11 Å². The van der Waals surface area contributed by atoms with Crippen molar-refractivity contribution < 1.29 is 4.74 Å². The van der Waals surface area contributed by atoms with Gasteiger partial charge in [0, 0.05) is 19.2 Å². The SMILES string of the molecule is COC(C)(C)CC(C)NC1CCC(C)C1C. The van der Waals surface area contributed by atoms with Crippen LogP contribution in [-0.4, -0.2) is 24.8 Å². The summed E-state index contributed by atoms with van der Waals surface area (Å²) in [5.74, 6) is 1.69. The molecule has 4 atom stereocenters. The van der Waals surface area contributed by atoms with Gasteiger partial charge in [-0.3, -0.25) is 0 Å². The molecule has 1 N–H and O–H groups in total. The minimum absolute atomic E-state index is 0.0140. The maximum atomic E-state index is 5.48. The largest absolute Gasteiger partial charge is 0.379 e. The zero-order valence-corrected chi connectivity index (χ0v) is 11.8. The van der Waals surface area contributed by atoms with Crippen LogP contribution in [0.2, 0.25) is 0 Å². The van der Waals surface area contributed by atoms with Gasteiger partial charge in [0.15, 0.2) is 0 Å². The highest BCUT2D eigenvalue weighted by atomic mass is 16.5. The summed E-state index contributed by atoms with van der Waals surface area (Å²) in [5.41, 5.74) is -0.0140. The van der Waals surface area contributed by atoms with Gasteiger partial charge in [-0.25, -0.2) is 0 Å². The van der Waals surface area contributed by atoms with Gasteiger partial charge in [-0.2, -0.15) is 0 Å². The van der Waals surface area contributed by atoms with Gasteiger partial charge < -0.3 is 10.1 Å². The molecule has 0 aromatic rings. The normalized spacial score (nSPS) is 33.0. The summed E-state index contributed by atoms with van der Waals surface area (Å²) < 4.78 is 5.48. The Morgan fingerprint density at radius 1 is 1.31 bits per heavy atom. The highest BCUT2D eigenvalue weighted by Crippen LogP contribution is 2.31. The van der Waals surface area contributed by atoms with Crippen molar-refractivity contribution in [2.45, 2.75) is 71.6 Å². The summed E-state index contributed by atoms with van der Waals surface area (Å²) >= 11 is 0. The quantitative estimate of drug-likeness (QED) is 0.778. The molecule has 0 bridgehead atoms. The molecule has 0 radical (unpaired) electrons. The van der Waals surface area contributed by atoms with Crippen LogP contribution in [0.15, 0.2) is 0 Å². The lowest BCUT2D eigenvalue weighted by atomic mass is 9.95. The average molecular weight is 227 g/mol. The monoisotopic (exact) mass is 227 g/mol. The lowest BCUT2D eigenvalue weighted by molar-refractivity contribution is 0.00727. The van der Waals surface area contributed by atoms with Gasteiger partial charge in [-0.1, -0.05) is 13.8 Å². The predicted molar refractivity (Wildman–Crippen MR) is 69.7 cm³/mol. The molecular formula is C14H29NO. The van der Waals surface area contributed by atoms with Gasteiger partial charge in [0.05, 0.1) is 5.60 Å². The zero-order valence-electron chi connectivity index (χ0n) is 11.8. The first-order valence-corrected chi connectivity index (χ1v) is 6.67. The van der Waals surface area contributed by atoms with Gasteiger partial charge in [-0.05, 0) is 51.9 Å². The molecule has 0 amide bonds. The summed E-state index contributed by atoms with van der Waals surface area (Å²) in [6.07, 6.45) is 3.78. The summed E-state index contributed by atoms with van der Waals surface area (Å²) in [7, 11) is 1.80. The third kappa shape index (κ3) is 3.74. The standard InChI is InChI=1S/C14H29NO/c1-10-7-8-13(12(10)3)15-11(2)9-14(4,5)16-6/h10-13,15H,7-9H2,1-6H3. The van der Waals surface area contributed by atoms with Crippen LogP contribution in [0.3, 0.4) is 0 Å². The third-order valence-corrected chi connectivity index (χ3v) is 4.31. The molecule has 0 heterocycles. The van der Waals surface area contributed by atoms with Crippen LogP contribution in [0.4, 0.5) is 0 Å². The van der Waals surface area contributed by atoms with E-state index in [-0.39, 0.29) is 5.60 Å².